The highest BCUT2D eigenvalue weighted by atomic mass is 32.1. The van der Waals surface area contributed by atoms with Crippen LogP contribution in [-0.4, -0.2) is 0 Å². The van der Waals surface area contributed by atoms with Crippen LogP contribution < -0.4 is 4.90 Å². The van der Waals surface area contributed by atoms with Gasteiger partial charge >= 0.3 is 0 Å². The Morgan fingerprint density at radius 3 is 1.72 bits per heavy atom. The van der Waals surface area contributed by atoms with Gasteiger partial charge in [-0.1, -0.05) is 176 Å². The SMILES string of the molecule is c1ccc(-c2ccccc2N(c2ccc(-c3ccc4c(c3)sc3ccccc34)cc2)c2ccccc2-c2cccc3c2oc2ccccc23)c(-c2ccc3ccccc3c2)c1. The second-order valence-electron chi connectivity index (χ2n) is 15.6. The zero-order chi connectivity index (χ0) is 40.3. The zero-order valence-corrected chi connectivity index (χ0v) is 33.9. The van der Waals surface area contributed by atoms with Gasteiger partial charge < -0.3 is 9.32 Å². The second kappa shape index (κ2) is 14.5. The van der Waals surface area contributed by atoms with Gasteiger partial charge in [0.2, 0.25) is 0 Å². The van der Waals surface area contributed by atoms with Crippen LogP contribution in [0.4, 0.5) is 17.1 Å². The Balaban J connectivity index is 1.05. The third-order valence-electron chi connectivity index (χ3n) is 12.1. The molecule has 2 heterocycles. The molecule has 2 aromatic heterocycles. The predicted molar refractivity (Wildman–Crippen MR) is 261 cm³/mol. The van der Waals surface area contributed by atoms with Crippen molar-refractivity contribution < 1.29 is 4.42 Å². The highest BCUT2D eigenvalue weighted by Gasteiger charge is 2.23. The summed E-state index contributed by atoms with van der Waals surface area (Å²) in [6.45, 7) is 0. The van der Waals surface area contributed by atoms with E-state index in [2.05, 4.69) is 223 Å². The Labute approximate surface area is 357 Å². The minimum Gasteiger partial charge on any atom is -0.455 e. The number of anilines is 3. The first-order valence-electron chi connectivity index (χ1n) is 20.7. The van der Waals surface area contributed by atoms with E-state index in [4.69, 9.17) is 4.42 Å². The standard InChI is InChI=1S/C58H37NOS/c1-2-15-40-36-42(29-28-38(40)14-1)44-16-3-4-17-45(44)46-18-5-9-24-53(46)59(43-33-30-39(31-34-43)41-32-35-50-49-21-8-12-27-56(49)61-57(50)37-41)54-25-10-6-19-47(54)51-22-13-23-52-48-20-7-11-26-55(48)60-58(51)52/h1-37H. The first-order chi connectivity index (χ1) is 30.2. The number of hydrogen-bond acceptors (Lipinski definition) is 3. The molecule has 12 aromatic rings. The summed E-state index contributed by atoms with van der Waals surface area (Å²) in [5.74, 6) is 0. The first kappa shape index (κ1) is 35.2. The third kappa shape index (κ3) is 6.01. The maximum atomic E-state index is 6.67. The Morgan fingerprint density at radius 1 is 0.328 bits per heavy atom. The van der Waals surface area contributed by atoms with Gasteiger partial charge in [0.25, 0.3) is 0 Å². The summed E-state index contributed by atoms with van der Waals surface area (Å²) in [5, 5.41) is 7.32. The lowest BCUT2D eigenvalue weighted by molar-refractivity contribution is 0.670. The van der Waals surface area contributed by atoms with Crippen molar-refractivity contribution in [2.45, 2.75) is 0 Å². The monoisotopic (exact) mass is 795 g/mol. The minimum atomic E-state index is 0.887. The van der Waals surface area contributed by atoms with E-state index in [0.29, 0.717) is 0 Å². The fourth-order valence-electron chi connectivity index (χ4n) is 9.19. The van der Waals surface area contributed by atoms with Crippen molar-refractivity contribution in [2.24, 2.45) is 0 Å². The number of fused-ring (bicyclic) bond motifs is 7. The summed E-state index contributed by atoms with van der Waals surface area (Å²) in [4.78, 5) is 2.43. The molecule has 0 N–H and O–H groups in total. The van der Waals surface area contributed by atoms with Crippen molar-refractivity contribution in [3.63, 3.8) is 0 Å². The highest BCUT2D eigenvalue weighted by Crippen LogP contribution is 2.48. The summed E-state index contributed by atoms with van der Waals surface area (Å²) >= 11 is 1.86. The van der Waals surface area contributed by atoms with Gasteiger partial charge in [-0.2, -0.15) is 0 Å². The van der Waals surface area contributed by atoms with Crippen molar-refractivity contribution in [3.8, 4) is 44.5 Å². The molecule has 2 nitrogen and oxygen atoms in total. The molecule has 0 aliphatic rings. The smallest absolute Gasteiger partial charge is 0.143 e. The molecule has 0 amide bonds. The van der Waals surface area contributed by atoms with Gasteiger partial charge in [-0.3, -0.25) is 0 Å². The van der Waals surface area contributed by atoms with E-state index in [1.54, 1.807) is 0 Å². The molecular weight excluding hydrogens is 759 g/mol. The van der Waals surface area contributed by atoms with Crippen LogP contribution in [-0.2, 0) is 0 Å². The number of benzene rings is 10. The van der Waals surface area contributed by atoms with E-state index in [1.807, 2.05) is 17.4 Å². The van der Waals surface area contributed by atoms with Crippen molar-refractivity contribution >= 4 is 81.3 Å². The van der Waals surface area contributed by atoms with Crippen LogP contribution in [0.25, 0.3) is 97.4 Å². The molecule has 0 aliphatic carbocycles. The predicted octanol–water partition coefficient (Wildman–Crippen LogP) is 17.2. The number of nitrogens with zero attached hydrogens (tertiary/aromatic N) is 1. The lowest BCUT2D eigenvalue weighted by Gasteiger charge is -2.30. The van der Waals surface area contributed by atoms with Crippen LogP contribution in [0, 0.1) is 0 Å². The molecule has 0 radical (unpaired) electrons. The average Bonchev–Trinajstić information content (AvgIpc) is 3.90. The number of hydrogen-bond donors (Lipinski definition) is 0. The summed E-state index contributed by atoms with van der Waals surface area (Å²) in [7, 11) is 0. The van der Waals surface area contributed by atoms with Gasteiger partial charge in [0.05, 0.1) is 11.4 Å². The van der Waals surface area contributed by atoms with E-state index < -0.39 is 0 Å². The van der Waals surface area contributed by atoms with Crippen molar-refractivity contribution in [1.29, 1.82) is 0 Å². The summed E-state index contributed by atoms with van der Waals surface area (Å²) in [6, 6.07) is 81.2. The van der Waals surface area contributed by atoms with Gasteiger partial charge in [-0.25, -0.2) is 0 Å². The molecule has 12 rings (SSSR count). The van der Waals surface area contributed by atoms with Gasteiger partial charge in [0.1, 0.15) is 11.2 Å². The Hall–Kier alpha value is -7.72. The molecule has 0 aliphatic heterocycles. The molecular formula is C58H37NOS. The molecule has 0 atom stereocenters. The fourth-order valence-corrected chi connectivity index (χ4v) is 10.3. The van der Waals surface area contributed by atoms with E-state index >= 15 is 0 Å². The quantitative estimate of drug-likeness (QED) is 0.160. The number of thiophene rings is 1. The summed E-state index contributed by atoms with van der Waals surface area (Å²) in [5.41, 5.74) is 14.2. The van der Waals surface area contributed by atoms with E-state index in [-0.39, 0.29) is 0 Å². The van der Waals surface area contributed by atoms with Crippen LogP contribution in [0.3, 0.4) is 0 Å². The molecule has 0 unspecified atom stereocenters. The molecule has 3 heteroatoms. The van der Waals surface area contributed by atoms with Crippen molar-refractivity contribution in [1.82, 2.24) is 0 Å². The average molecular weight is 796 g/mol. The first-order valence-corrected chi connectivity index (χ1v) is 21.6. The van der Waals surface area contributed by atoms with E-state index in [9.17, 15) is 0 Å². The van der Waals surface area contributed by atoms with Crippen LogP contribution in [0.15, 0.2) is 229 Å². The van der Waals surface area contributed by atoms with Gasteiger partial charge in [-0.15, -0.1) is 11.3 Å². The van der Waals surface area contributed by atoms with Gasteiger partial charge in [0, 0.05) is 53.3 Å². The Kier molecular flexibility index (Phi) is 8.39. The number of rotatable bonds is 7. The van der Waals surface area contributed by atoms with E-state index in [0.717, 1.165) is 55.7 Å². The van der Waals surface area contributed by atoms with Gasteiger partial charge in [-0.05, 0) is 87.1 Å². The lowest BCUT2D eigenvalue weighted by Crippen LogP contribution is -2.12. The Bertz CT molecular complexity index is 3610. The van der Waals surface area contributed by atoms with Crippen LogP contribution >= 0.6 is 11.3 Å². The number of para-hydroxylation sites is 4. The lowest BCUT2D eigenvalue weighted by atomic mass is 9.91. The van der Waals surface area contributed by atoms with Crippen LogP contribution in [0.5, 0.6) is 0 Å². The maximum Gasteiger partial charge on any atom is 0.143 e. The third-order valence-corrected chi connectivity index (χ3v) is 13.2. The molecule has 0 spiro atoms. The number of furan rings is 1. The van der Waals surface area contributed by atoms with Crippen molar-refractivity contribution in [2.75, 3.05) is 4.90 Å². The van der Waals surface area contributed by atoms with Gasteiger partial charge in [0.15, 0.2) is 0 Å². The van der Waals surface area contributed by atoms with Crippen molar-refractivity contribution in [3.05, 3.63) is 224 Å². The topological polar surface area (TPSA) is 16.4 Å². The molecule has 10 aromatic carbocycles. The minimum absolute atomic E-state index is 0.887. The van der Waals surface area contributed by atoms with E-state index in [1.165, 1.54) is 58.8 Å². The summed E-state index contributed by atoms with van der Waals surface area (Å²) < 4.78 is 9.29. The molecule has 0 bridgehead atoms. The zero-order valence-electron chi connectivity index (χ0n) is 33.1. The molecule has 286 valence electrons. The summed E-state index contributed by atoms with van der Waals surface area (Å²) in [6.07, 6.45) is 0. The molecule has 0 saturated carbocycles. The molecule has 0 fully saturated rings. The molecule has 0 saturated heterocycles. The van der Waals surface area contributed by atoms with Crippen LogP contribution in [0.1, 0.15) is 0 Å². The normalized spacial score (nSPS) is 11.6. The highest BCUT2D eigenvalue weighted by molar-refractivity contribution is 7.25. The fraction of sp³-hybridized carbons (Fsp3) is 0. The Morgan fingerprint density at radius 2 is 0.902 bits per heavy atom. The second-order valence-corrected chi connectivity index (χ2v) is 16.7. The maximum absolute atomic E-state index is 6.67. The largest absolute Gasteiger partial charge is 0.455 e. The van der Waals surface area contributed by atoms with Crippen LogP contribution in [0.2, 0.25) is 0 Å². The molecule has 61 heavy (non-hydrogen) atoms.